The molecule has 0 aliphatic carbocycles. The van der Waals surface area contributed by atoms with E-state index in [0.29, 0.717) is 40.1 Å². The van der Waals surface area contributed by atoms with Gasteiger partial charge in [-0.15, -0.1) is 0 Å². The van der Waals surface area contributed by atoms with Crippen LogP contribution in [0.4, 0.5) is 5.69 Å². The zero-order valence-electron chi connectivity index (χ0n) is 22.0. The molecule has 5 aromatic carbocycles. The van der Waals surface area contributed by atoms with Crippen molar-refractivity contribution in [1.82, 2.24) is 0 Å². The molecule has 0 spiro atoms. The molecule has 5 aromatic rings. The Morgan fingerprint density at radius 1 is 0.700 bits per heavy atom. The number of rotatable bonds is 10. The van der Waals surface area contributed by atoms with E-state index < -0.39 is 0 Å². The normalized spacial score (nSPS) is 10.6. The van der Waals surface area contributed by atoms with Crippen LogP contribution in [0.3, 0.4) is 0 Å². The number of carbonyl (C=O) groups is 1. The van der Waals surface area contributed by atoms with Crippen molar-refractivity contribution in [2.75, 3.05) is 11.9 Å². The molecule has 0 heterocycles. The van der Waals surface area contributed by atoms with E-state index in [1.807, 2.05) is 79.7 Å². The summed E-state index contributed by atoms with van der Waals surface area (Å²) in [6.07, 6.45) is 0. The minimum Gasteiger partial charge on any atom is -0.493 e. The minimum atomic E-state index is -0.309. The largest absolute Gasteiger partial charge is 0.493 e. The molecule has 1 amide bonds. The quantitative estimate of drug-likeness (QED) is 0.189. The second-order valence-electron chi connectivity index (χ2n) is 8.94. The molecule has 0 radical (unpaired) electrons. The maximum atomic E-state index is 13.3. The highest BCUT2D eigenvalue weighted by atomic mass is 35.5. The number of para-hydroxylation sites is 1. The summed E-state index contributed by atoms with van der Waals surface area (Å²) in [7, 11) is 0. The van der Waals surface area contributed by atoms with Crippen LogP contribution in [0, 0.1) is 0 Å². The summed E-state index contributed by atoms with van der Waals surface area (Å²) in [5.74, 6) is 2.21. The van der Waals surface area contributed by atoms with E-state index >= 15 is 0 Å². The van der Waals surface area contributed by atoms with Crippen LogP contribution in [-0.2, 0) is 6.61 Å². The first kappa shape index (κ1) is 26.9. The fourth-order valence-corrected chi connectivity index (χ4v) is 4.34. The van der Waals surface area contributed by atoms with Crippen molar-refractivity contribution in [3.63, 3.8) is 0 Å². The zero-order chi connectivity index (χ0) is 27.7. The fourth-order valence-electron chi connectivity index (χ4n) is 4.16. The first-order valence-electron chi connectivity index (χ1n) is 13.0. The molecular weight excluding hydrogens is 522 g/mol. The van der Waals surface area contributed by atoms with Gasteiger partial charge in [0.25, 0.3) is 5.91 Å². The molecular formula is C34H28ClNO4. The number of halogens is 1. The smallest absolute Gasteiger partial charge is 0.255 e. The van der Waals surface area contributed by atoms with Gasteiger partial charge in [0, 0.05) is 16.1 Å². The van der Waals surface area contributed by atoms with Crippen LogP contribution in [0.5, 0.6) is 23.0 Å². The number of ether oxygens (including phenoxy) is 3. The molecule has 0 aliphatic heterocycles. The van der Waals surface area contributed by atoms with Gasteiger partial charge >= 0.3 is 0 Å². The van der Waals surface area contributed by atoms with E-state index in [1.54, 1.807) is 36.4 Å². The van der Waals surface area contributed by atoms with Crippen LogP contribution < -0.4 is 19.5 Å². The minimum absolute atomic E-state index is 0.237. The van der Waals surface area contributed by atoms with E-state index in [9.17, 15) is 4.79 Å². The van der Waals surface area contributed by atoms with Crippen molar-refractivity contribution in [3.05, 3.63) is 137 Å². The van der Waals surface area contributed by atoms with E-state index in [4.69, 9.17) is 25.8 Å². The molecule has 0 unspecified atom stereocenters. The van der Waals surface area contributed by atoms with Gasteiger partial charge in [-0.2, -0.15) is 0 Å². The molecule has 40 heavy (non-hydrogen) atoms. The molecule has 6 heteroatoms. The predicted octanol–water partition coefficient (Wildman–Crippen LogP) is 9.03. The Labute approximate surface area is 238 Å². The Kier molecular flexibility index (Phi) is 8.64. The Morgan fingerprint density at radius 2 is 1.38 bits per heavy atom. The topological polar surface area (TPSA) is 56.8 Å². The summed E-state index contributed by atoms with van der Waals surface area (Å²) in [6.45, 7) is 2.65. The fraction of sp³-hybridized carbons (Fsp3) is 0.0882. The number of nitrogens with one attached hydrogen (secondary N) is 1. The number of benzene rings is 5. The molecule has 200 valence electrons. The van der Waals surface area contributed by atoms with E-state index in [0.717, 1.165) is 22.4 Å². The van der Waals surface area contributed by atoms with E-state index in [2.05, 4.69) is 17.4 Å². The van der Waals surface area contributed by atoms with Crippen LogP contribution in [0.1, 0.15) is 22.8 Å². The van der Waals surface area contributed by atoms with Gasteiger partial charge in [0.1, 0.15) is 23.9 Å². The van der Waals surface area contributed by atoms with Crippen LogP contribution in [0.25, 0.3) is 11.1 Å². The molecule has 0 saturated carbocycles. The third kappa shape index (κ3) is 6.82. The molecule has 1 N–H and O–H groups in total. The second-order valence-corrected chi connectivity index (χ2v) is 9.38. The highest BCUT2D eigenvalue weighted by Crippen LogP contribution is 2.33. The Hall–Kier alpha value is -4.74. The average molecular weight is 550 g/mol. The molecule has 0 bridgehead atoms. The third-order valence-electron chi connectivity index (χ3n) is 6.14. The van der Waals surface area contributed by atoms with Crippen LogP contribution in [0.2, 0.25) is 5.02 Å². The summed E-state index contributed by atoms with van der Waals surface area (Å²) in [4.78, 5) is 13.3. The highest BCUT2D eigenvalue weighted by Gasteiger charge is 2.15. The van der Waals surface area contributed by atoms with Crippen molar-refractivity contribution in [2.24, 2.45) is 0 Å². The van der Waals surface area contributed by atoms with Crippen LogP contribution in [-0.4, -0.2) is 12.5 Å². The van der Waals surface area contributed by atoms with Gasteiger partial charge in [-0.05, 0) is 78.7 Å². The number of hydrogen-bond acceptors (Lipinski definition) is 4. The third-order valence-corrected chi connectivity index (χ3v) is 6.37. The lowest BCUT2D eigenvalue weighted by Gasteiger charge is -2.15. The maximum Gasteiger partial charge on any atom is 0.255 e. The molecule has 0 aliphatic rings. The molecule has 5 nitrogen and oxygen atoms in total. The summed E-state index contributed by atoms with van der Waals surface area (Å²) < 4.78 is 17.9. The lowest BCUT2D eigenvalue weighted by Crippen LogP contribution is -2.13. The van der Waals surface area contributed by atoms with Crippen molar-refractivity contribution in [3.8, 4) is 34.1 Å². The summed E-state index contributed by atoms with van der Waals surface area (Å²) in [6, 6.07) is 37.8. The van der Waals surface area contributed by atoms with Gasteiger partial charge in [-0.1, -0.05) is 72.3 Å². The van der Waals surface area contributed by atoms with E-state index in [-0.39, 0.29) is 12.5 Å². The zero-order valence-corrected chi connectivity index (χ0v) is 22.7. The molecule has 5 rings (SSSR count). The molecule has 0 saturated heterocycles. The number of hydrogen-bond donors (Lipinski definition) is 1. The maximum absolute atomic E-state index is 13.3. The van der Waals surface area contributed by atoms with Gasteiger partial charge in [0.05, 0.1) is 12.3 Å². The van der Waals surface area contributed by atoms with Crippen molar-refractivity contribution < 1.29 is 19.0 Å². The Balaban J connectivity index is 1.32. The molecule has 0 atom stereocenters. The number of anilines is 1. The number of carbonyl (C=O) groups excluding carboxylic acids is 1. The van der Waals surface area contributed by atoms with Gasteiger partial charge in [-0.25, -0.2) is 0 Å². The summed E-state index contributed by atoms with van der Waals surface area (Å²) in [5.41, 5.74) is 3.92. The SMILES string of the molecule is CCOc1ccc(C(=O)Nc2cc(Cl)ccc2Oc2ccccc2)cc1COc1ccc(-c2ccccc2)cc1. The van der Waals surface area contributed by atoms with Gasteiger partial charge in [-0.3, -0.25) is 4.79 Å². The second kappa shape index (κ2) is 12.9. The number of amides is 1. The predicted molar refractivity (Wildman–Crippen MR) is 160 cm³/mol. The van der Waals surface area contributed by atoms with Crippen molar-refractivity contribution >= 4 is 23.2 Å². The lowest BCUT2D eigenvalue weighted by molar-refractivity contribution is 0.102. The van der Waals surface area contributed by atoms with E-state index in [1.165, 1.54) is 0 Å². The Morgan fingerprint density at radius 3 is 2.10 bits per heavy atom. The standard InChI is InChI=1S/C34H28ClNO4/c1-2-38-32-19-15-26(21-27(32)23-39-29-17-13-25(14-18-29)24-9-5-3-6-10-24)34(37)36-31-22-28(35)16-20-33(31)40-30-11-7-4-8-12-30/h3-22H,2,23H2,1H3,(H,36,37). The highest BCUT2D eigenvalue weighted by molar-refractivity contribution is 6.31. The van der Waals surface area contributed by atoms with Gasteiger partial charge in [0.15, 0.2) is 5.75 Å². The van der Waals surface area contributed by atoms with Crippen LogP contribution in [0.15, 0.2) is 121 Å². The Bertz CT molecular complexity index is 1570. The van der Waals surface area contributed by atoms with Crippen LogP contribution >= 0.6 is 11.6 Å². The molecule has 0 fully saturated rings. The summed E-state index contributed by atoms with van der Waals surface area (Å²) in [5, 5.41) is 3.41. The lowest BCUT2D eigenvalue weighted by atomic mass is 10.1. The van der Waals surface area contributed by atoms with Crippen molar-refractivity contribution in [2.45, 2.75) is 13.5 Å². The average Bonchev–Trinajstić information content (AvgIpc) is 2.99. The van der Waals surface area contributed by atoms with Gasteiger partial charge in [0.2, 0.25) is 0 Å². The molecule has 0 aromatic heterocycles. The van der Waals surface area contributed by atoms with Gasteiger partial charge < -0.3 is 19.5 Å². The first-order valence-corrected chi connectivity index (χ1v) is 13.3. The first-order chi connectivity index (χ1) is 19.6. The monoisotopic (exact) mass is 549 g/mol. The van der Waals surface area contributed by atoms with Crippen molar-refractivity contribution in [1.29, 1.82) is 0 Å². The summed E-state index contributed by atoms with van der Waals surface area (Å²) >= 11 is 6.23.